The average molecular weight is 185 g/mol. The van der Waals surface area contributed by atoms with Crippen LogP contribution in [-0.2, 0) is 17.9 Å². The van der Waals surface area contributed by atoms with Gasteiger partial charge in [0.05, 0.1) is 11.9 Å². The molecule has 1 N–H and O–H groups in total. The van der Waals surface area contributed by atoms with E-state index in [9.17, 15) is 8.42 Å². The van der Waals surface area contributed by atoms with Crippen molar-refractivity contribution < 1.29 is 8.42 Å². The van der Waals surface area contributed by atoms with Crippen molar-refractivity contribution in [2.45, 2.75) is 0 Å². The second-order valence-corrected chi connectivity index (χ2v) is 2.51. The van der Waals surface area contributed by atoms with E-state index in [1.165, 1.54) is 10.9 Å². The third kappa shape index (κ3) is 3.76. The molecule has 1 rings (SSSR count). The van der Waals surface area contributed by atoms with Gasteiger partial charge in [-0.1, -0.05) is 0 Å². The van der Waals surface area contributed by atoms with E-state index in [1.807, 2.05) is 0 Å². The molecule has 0 aliphatic rings. The van der Waals surface area contributed by atoms with Crippen LogP contribution in [0.1, 0.15) is 0 Å². The van der Waals surface area contributed by atoms with E-state index in [2.05, 4.69) is 9.82 Å². The third-order valence-electron chi connectivity index (χ3n) is 0.925. The number of thiol groups is 1. The number of hydrogen-bond donors (Lipinski definition) is 2. The summed E-state index contributed by atoms with van der Waals surface area (Å²) >= 11 is 0. The molecule has 1 aromatic rings. The van der Waals surface area contributed by atoms with Crippen molar-refractivity contribution in [3.05, 3.63) is 12.4 Å². The van der Waals surface area contributed by atoms with Crippen LogP contribution in [0.5, 0.6) is 0 Å². The van der Waals surface area contributed by atoms with Gasteiger partial charge in [-0.15, -0.1) is 0 Å². The molecule has 1 heterocycles. The van der Waals surface area contributed by atoms with E-state index in [4.69, 9.17) is 0 Å². The van der Waals surface area contributed by atoms with Crippen LogP contribution in [0.4, 0.5) is 5.69 Å². The van der Waals surface area contributed by atoms with Gasteiger partial charge in [-0.2, -0.15) is 5.10 Å². The molecular weight excluding hydrogens is 177 g/mol. The molecule has 0 bridgehead atoms. The van der Waals surface area contributed by atoms with Crippen LogP contribution in [0, 0.1) is 0 Å². The minimum absolute atomic E-state index is 0. The Kier molecular flexibility index (Phi) is 4.74. The van der Waals surface area contributed by atoms with Crippen molar-refractivity contribution in [3.8, 4) is 0 Å². The van der Waals surface area contributed by atoms with Crippen molar-refractivity contribution in [1.29, 1.82) is 0 Å². The van der Waals surface area contributed by atoms with Crippen LogP contribution in [-0.4, -0.2) is 47.8 Å². The fraction of sp³-hybridized carbons (Fsp3) is 0.250. The van der Waals surface area contributed by atoms with Gasteiger partial charge in [0, 0.05) is 13.2 Å². The number of anilines is 1. The molecular formula is C4H8N3NaO2S. The van der Waals surface area contributed by atoms with Gasteiger partial charge in [0.25, 0.3) is 0 Å². The van der Waals surface area contributed by atoms with Gasteiger partial charge in [-0.25, -0.2) is 8.42 Å². The number of nitrogens with one attached hydrogen (secondary N) is 1. The summed E-state index contributed by atoms with van der Waals surface area (Å²) in [6.07, 6.45) is 3.01. The zero-order valence-electron chi connectivity index (χ0n) is 5.31. The molecule has 1 aromatic heterocycles. The molecule has 0 saturated heterocycles. The summed E-state index contributed by atoms with van der Waals surface area (Å²) in [6.45, 7) is 0. The second-order valence-electron chi connectivity index (χ2n) is 1.77. The summed E-state index contributed by atoms with van der Waals surface area (Å²) in [5.41, 5.74) is 0.485. The first-order valence-corrected chi connectivity index (χ1v) is 3.76. The molecule has 0 aliphatic heterocycles. The fourth-order valence-electron chi connectivity index (χ4n) is 0.584. The van der Waals surface area contributed by atoms with Crippen molar-refractivity contribution in [2.75, 3.05) is 4.72 Å². The standard InChI is InChI=1S/C4H7N3O2S.Na.H/c1-7-3-4(2-5-7)6-10(8)9;;/h2-3,10H,1H3,(H,6,8,9);;. The van der Waals surface area contributed by atoms with Gasteiger partial charge < -0.3 is 0 Å². The SMILES string of the molecule is Cn1cc(N[SH](=O)=O)cn1.[NaH]. The van der Waals surface area contributed by atoms with Gasteiger partial charge in [0.1, 0.15) is 0 Å². The normalized spacial score (nSPS) is 9.27. The van der Waals surface area contributed by atoms with Crippen LogP contribution in [0.15, 0.2) is 12.4 Å². The van der Waals surface area contributed by atoms with Gasteiger partial charge >= 0.3 is 29.6 Å². The summed E-state index contributed by atoms with van der Waals surface area (Å²) in [6, 6.07) is 0. The van der Waals surface area contributed by atoms with Crippen LogP contribution in [0.3, 0.4) is 0 Å². The molecule has 0 saturated carbocycles. The maximum atomic E-state index is 10.1. The predicted molar refractivity (Wildman–Crippen MR) is 44.3 cm³/mol. The van der Waals surface area contributed by atoms with Crippen molar-refractivity contribution in [1.82, 2.24) is 9.78 Å². The maximum absolute atomic E-state index is 10.1. The Hall–Kier alpha value is -0.0400. The number of hydrogen-bond acceptors (Lipinski definition) is 3. The third-order valence-corrected chi connectivity index (χ3v) is 1.37. The van der Waals surface area contributed by atoms with E-state index in [0.717, 1.165) is 0 Å². The van der Waals surface area contributed by atoms with Crippen LogP contribution >= 0.6 is 0 Å². The Labute approximate surface area is 88.2 Å². The summed E-state index contributed by atoms with van der Waals surface area (Å²) in [5, 5.41) is 3.76. The molecule has 0 radical (unpaired) electrons. The Morgan fingerprint density at radius 2 is 2.27 bits per heavy atom. The van der Waals surface area contributed by atoms with E-state index in [-0.39, 0.29) is 29.6 Å². The number of rotatable bonds is 2. The first-order valence-electron chi connectivity index (χ1n) is 2.58. The van der Waals surface area contributed by atoms with Crippen LogP contribution in [0.2, 0.25) is 0 Å². The number of nitrogens with zero attached hydrogens (tertiary/aromatic N) is 2. The monoisotopic (exact) mass is 185 g/mol. The Morgan fingerprint density at radius 3 is 2.64 bits per heavy atom. The minimum atomic E-state index is -2.57. The summed E-state index contributed by atoms with van der Waals surface area (Å²) in [7, 11) is -0.855. The number of aromatic nitrogens is 2. The topological polar surface area (TPSA) is 64.0 Å². The Morgan fingerprint density at radius 1 is 1.64 bits per heavy atom. The molecule has 58 valence electrons. The second kappa shape index (κ2) is 4.76. The fourth-order valence-corrected chi connectivity index (χ4v) is 0.911. The van der Waals surface area contributed by atoms with Crippen molar-refractivity contribution >= 4 is 46.1 Å². The van der Waals surface area contributed by atoms with E-state index in [1.54, 1.807) is 13.2 Å². The van der Waals surface area contributed by atoms with Crippen LogP contribution < -0.4 is 4.72 Å². The molecule has 11 heavy (non-hydrogen) atoms. The predicted octanol–water partition coefficient (Wildman–Crippen LogP) is -1.29. The van der Waals surface area contributed by atoms with E-state index >= 15 is 0 Å². The first-order chi connectivity index (χ1) is 4.68. The quantitative estimate of drug-likeness (QED) is 0.445. The van der Waals surface area contributed by atoms with Crippen molar-refractivity contribution in [2.24, 2.45) is 7.05 Å². The zero-order valence-corrected chi connectivity index (χ0v) is 6.21. The van der Waals surface area contributed by atoms with E-state index in [0.29, 0.717) is 5.69 Å². The first kappa shape index (κ1) is 11.0. The van der Waals surface area contributed by atoms with Gasteiger partial charge in [0.15, 0.2) is 0 Å². The Balaban J connectivity index is 0.000001000. The zero-order chi connectivity index (χ0) is 7.56. The van der Waals surface area contributed by atoms with Crippen LogP contribution in [0.25, 0.3) is 0 Å². The summed E-state index contributed by atoms with van der Waals surface area (Å²) < 4.78 is 23.8. The van der Waals surface area contributed by atoms with E-state index < -0.39 is 10.9 Å². The molecule has 0 fully saturated rings. The summed E-state index contributed by atoms with van der Waals surface area (Å²) in [4.78, 5) is 0. The van der Waals surface area contributed by atoms with Gasteiger partial charge in [-0.05, 0) is 0 Å². The molecule has 0 atom stereocenters. The molecule has 0 spiro atoms. The molecule has 0 aromatic carbocycles. The van der Waals surface area contributed by atoms with Crippen molar-refractivity contribution in [3.63, 3.8) is 0 Å². The molecule has 0 unspecified atom stereocenters. The van der Waals surface area contributed by atoms with Gasteiger partial charge in [-0.3, -0.25) is 9.40 Å². The average Bonchev–Trinajstić information content (AvgIpc) is 2.13. The molecule has 5 nitrogen and oxygen atoms in total. The molecule has 0 aliphatic carbocycles. The number of aryl methyl sites for hydroxylation is 1. The summed E-state index contributed by atoms with van der Waals surface area (Å²) in [5.74, 6) is 0. The molecule has 0 amide bonds. The molecule has 7 heteroatoms. The Bertz CT molecular complexity index is 287. The van der Waals surface area contributed by atoms with Gasteiger partial charge in [0.2, 0.25) is 10.9 Å².